The van der Waals surface area contributed by atoms with Gasteiger partial charge in [-0.2, -0.15) is 0 Å². The third-order valence-electron chi connectivity index (χ3n) is 2.97. The predicted octanol–water partition coefficient (Wildman–Crippen LogP) is 2.23. The number of fused-ring (bicyclic) bond motifs is 3. The summed E-state index contributed by atoms with van der Waals surface area (Å²) in [6.07, 6.45) is 0.715. The second kappa shape index (κ2) is 3.25. The van der Waals surface area contributed by atoms with Crippen LogP contribution in [0.4, 0.5) is 13.2 Å². The summed E-state index contributed by atoms with van der Waals surface area (Å²) in [6.45, 7) is 1.27. The van der Waals surface area contributed by atoms with Crippen molar-refractivity contribution in [3.8, 4) is 0 Å². The van der Waals surface area contributed by atoms with E-state index in [-0.39, 0.29) is 5.39 Å². The van der Waals surface area contributed by atoms with E-state index >= 15 is 0 Å². The van der Waals surface area contributed by atoms with E-state index in [1.54, 1.807) is 0 Å². The van der Waals surface area contributed by atoms with Crippen molar-refractivity contribution in [2.24, 2.45) is 0 Å². The van der Waals surface area contributed by atoms with Gasteiger partial charge in [-0.3, -0.25) is 0 Å². The van der Waals surface area contributed by atoms with Gasteiger partial charge in [0.2, 0.25) is 0 Å². The number of aromatic amines is 1. The first-order chi connectivity index (χ1) is 7.68. The number of H-pyrrole nitrogens is 1. The number of hydrogen-bond acceptors (Lipinski definition) is 1. The van der Waals surface area contributed by atoms with Crippen LogP contribution in [0.25, 0.3) is 10.9 Å². The van der Waals surface area contributed by atoms with Crippen LogP contribution in [0.15, 0.2) is 6.07 Å². The predicted molar refractivity (Wildman–Crippen MR) is 53.6 cm³/mol. The molecule has 1 aromatic heterocycles. The molecule has 5 heteroatoms. The molecule has 1 aliphatic rings. The monoisotopic (exact) mass is 226 g/mol. The van der Waals surface area contributed by atoms with Gasteiger partial charge in [-0.15, -0.1) is 0 Å². The van der Waals surface area contributed by atoms with Crippen molar-refractivity contribution < 1.29 is 13.2 Å². The van der Waals surface area contributed by atoms with Gasteiger partial charge in [0.1, 0.15) is 0 Å². The molecule has 0 bridgehead atoms. The van der Waals surface area contributed by atoms with Gasteiger partial charge in [0, 0.05) is 36.7 Å². The smallest absolute Gasteiger partial charge is 0.195 e. The second-order valence-corrected chi connectivity index (χ2v) is 3.92. The minimum Gasteiger partial charge on any atom is -0.358 e. The Morgan fingerprint density at radius 1 is 1.12 bits per heavy atom. The van der Waals surface area contributed by atoms with Crippen LogP contribution in [-0.2, 0) is 13.0 Å². The van der Waals surface area contributed by atoms with E-state index in [1.807, 2.05) is 0 Å². The largest absolute Gasteiger partial charge is 0.358 e. The molecule has 0 saturated carbocycles. The maximum Gasteiger partial charge on any atom is 0.195 e. The van der Waals surface area contributed by atoms with Crippen LogP contribution >= 0.6 is 0 Å². The molecule has 0 unspecified atom stereocenters. The molecule has 0 radical (unpaired) electrons. The first-order valence-electron chi connectivity index (χ1n) is 5.06. The van der Waals surface area contributed by atoms with Crippen LogP contribution in [0.2, 0.25) is 0 Å². The summed E-state index contributed by atoms with van der Waals surface area (Å²) in [4.78, 5) is 2.94. The van der Waals surface area contributed by atoms with Crippen LogP contribution in [0.5, 0.6) is 0 Å². The maximum atomic E-state index is 13.6. The number of hydrogen-bond donors (Lipinski definition) is 2. The normalized spacial score (nSPS) is 15.4. The van der Waals surface area contributed by atoms with Crippen molar-refractivity contribution >= 4 is 10.9 Å². The Hall–Kier alpha value is -1.49. The van der Waals surface area contributed by atoms with Gasteiger partial charge in [0.15, 0.2) is 17.5 Å². The fourth-order valence-corrected chi connectivity index (χ4v) is 2.21. The van der Waals surface area contributed by atoms with Gasteiger partial charge in [-0.05, 0) is 5.56 Å². The molecular weight excluding hydrogens is 217 g/mol. The van der Waals surface area contributed by atoms with E-state index in [0.717, 1.165) is 18.3 Å². The Kier molecular flexibility index (Phi) is 1.97. The third kappa shape index (κ3) is 1.18. The highest BCUT2D eigenvalue weighted by atomic mass is 19.2. The maximum absolute atomic E-state index is 13.6. The molecule has 0 aliphatic carbocycles. The standard InChI is InChI=1S/C11H9F3N2/c12-6-3-8-9(11(14)10(6)13)5-4-15-2-1-7(5)16-8/h3,15-16H,1-2,4H2. The number of nitrogens with one attached hydrogen (secondary N) is 2. The summed E-state index contributed by atoms with van der Waals surface area (Å²) in [7, 11) is 0. The van der Waals surface area contributed by atoms with Crippen molar-refractivity contribution in [1.82, 2.24) is 10.3 Å². The van der Waals surface area contributed by atoms with Crippen LogP contribution < -0.4 is 5.32 Å². The third-order valence-corrected chi connectivity index (χ3v) is 2.97. The zero-order chi connectivity index (χ0) is 11.3. The van der Waals surface area contributed by atoms with Crippen LogP contribution in [0.3, 0.4) is 0 Å². The molecule has 2 heterocycles. The lowest BCUT2D eigenvalue weighted by molar-refractivity contribution is 0.453. The van der Waals surface area contributed by atoms with Crippen LogP contribution in [0.1, 0.15) is 11.3 Å². The Morgan fingerprint density at radius 3 is 2.75 bits per heavy atom. The molecule has 1 aromatic carbocycles. The Bertz CT molecular complexity index is 574. The Morgan fingerprint density at radius 2 is 1.94 bits per heavy atom. The van der Waals surface area contributed by atoms with Crippen molar-refractivity contribution in [3.05, 3.63) is 34.8 Å². The lowest BCUT2D eigenvalue weighted by Gasteiger charge is -2.12. The van der Waals surface area contributed by atoms with E-state index in [9.17, 15) is 13.2 Å². The van der Waals surface area contributed by atoms with Gasteiger partial charge in [-0.1, -0.05) is 0 Å². The van der Waals surface area contributed by atoms with Crippen molar-refractivity contribution in [2.45, 2.75) is 13.0 Å². The van der Waals surface area contributed by atoms with Gasteiger partial charge in [-0.25, -0.2) is 13.2 Å². The van der Waals surface area contributed by atoms with Crippen molar-refractivity contribution in [3.63, 3.8) is 0 Å². The summed E-state index contributed by atoms with van der Waals surface area (Å²) >= 11 is 0. The lowest BCUT2D eigenvalue weighted by Crippen LogP contribution is -2.23. The van der Waals surface area contributed by atoms with Crippen molar-refractivity contribution in [1.29, 1.82) is 0 Å². The van der Waals surface area contributed by atoms with Gasteiger partial charge >= 0.3 is 0 Å². The van der Waals surface area contributed by atoms with E-state index in [2.05, 4.69) is 10.3 Å². The van der Waals surface area contributed by atoms with Gasteiger partial charge in [0.05, 0.1) is 5.52 Å². The lowest BCUT2D eigenvalue weighted by atomic mass is 10.1. The van der Waals surface area contributed by atoms with E-state index in [4.69, 9.17) is 0 Å². The first-order valence-corrected chi connectivity index (χ1v) is 5.06. The molecule has 3 rings (SSSR count). The van der Waals surface area contributed by atoms with Crippen LogP contribution in [0, 0.1) is 17.5 Å². The average Bonchev–Trinajstić information content (AvgIpc) is 2.64. The highest BCUT2D eigenvalue weighted by Gasteiger charge is 2.22. The Labute approximate surface area is 89.5 Å². The minimum absolute atomic E-state index is 0.168. The summed E-state index contributed by atoms with van der Waals surface area (Å²) in [5.41, 5.74) is 1.89. The molecule has 0 fully saturated rings. The molecular formula is C11H9F3N2. The zero-order valence-corrected chi connectivity index (χ0v) is 8.33. The quantitative estimate of drug-likeness (QED) is 0.662. The molecule has 1 aliphatic heterocycles. The van der Waals surface area contributed by atoms with E-state index < -0.39 is 17.5 Å². The topological polar surface area (TPSA) is 27.8 Å². The molecule has 0 atom stereocenters. The zero-order valence-electron chi connectivity index (χ0n) is 8.33. The molecule has 84 valence electrons. The highest BCUT2D eigenvalue weighted by molar-refractivity contribution is 5.85. The molecule has 0 saturated heterocycles. The fourth-order valence-electron chi connectivity index (χ4n) is 2.21. The summed E-state index contributed by atoms with van der Waals surface area (Å²) in [5.74, 6) is -3.66. The molecule has 0 amide bonds. The number of rotatable bonds is 0. The molecule has 0 spiro atoms. The Balaban J connectivity index is 2.40. The molecule has 2 nitrogen and oxygen atoms in total. The number of halogens is 3. The van der Waals surface area contributed by atoms with Crippen LogP contribution in [-0.4, -0.2) is 11.5 Å². The second-order valence-electron chi connectivity index (χ2n) is 3.92. The van der Waals surface area contributed by atoms with Gasteiger partial charge < -0.3 is 10.3 Å². The fraction of sp³-hybridized carbons (Fsp3) is 0.273. The molecule has 16 heavy (non-hydrogen) atoms. The first kappa shape index (κ1) is 9.72. The number of aromatic nitrogens is 1. The summed E-state index contributed by atoms with van der Waals surface area (Å²) in [5, 5.41) is 3.25. The summed E-state index contributed by atoms with van der Waals surface area (Å²) in [6, 6.07) is 1.01. The number of benzene rings is 1. The summed E-state index contributed by atoms with van der Waals surface area (Å²) < 4.78 is 39.8. The van der Waals surface area contributed by atoms with Crippen molar-refractivity contribution in [2.75, 3.05) is 6.54 Å². The highest BCUT2D eigenvalue weighted by Crippen LogP contribution is 2.29. The average molecular weight is 226 g/mol. The molecule has 2 N–H and O–H groups in total. The minimum atomic E-state index is -1.40. The van der Waals surface area contributed by atoms with E-state index in [0.29, 0.717) is 24.0 Å². The molecule has 2 aromatic rings. The SMILES string of the molecule is Fc1cc2[nH]c3c(c2c(F)c1F)CNCC3. The van der Waals surface area contributed by atoms with E-state index in [1.165, 1.54) is 0 Å². The van der Waals surface area contributed by atoms with Gasteiger partial charge in [0.25, 0.3) is 0 Å².